The normalized spacial score (nSPS) is 22.7. The van der Waals surface area contributed by atoms with Gasteiger partial charge in [0, 0.05) is 31.9 Å². The average molecular weight is 430 g/mol. The van der Waals surface area contributed by atoms with E-state index < -0.39 is 26.0 Å². The molecule has 0 unspecified atom stereocenters. The Kier molecular flexibility index (Phi) is 6.43. The maximum atomic E-state index is 12.8. The number of hydrogen-bond donors (Lipinski definition) is 1. The molecular formula is C18H27N3O5S2. The number of nitrogens with one attached hydrogen (secondary N) is 1. The van der Waals surface area contributed by atoms with Crippen molar-refractivity contribution >= 4 is 31.6 Å². The highest BCUT2D eigenvalue weighted by Gasteiger charge is 2.31. The lowest BCUT2D eigenvalue weighted by atomic mass is 9.99. The molecule has 1 N–H and O–H groups in total. The van der Waals surface area contributed by atoms with Gasteiger partial charge in [0.2, 0.25) is 26.0 Å². The van der Waals surface area contributed by atoms with Crippen LogP contribution in [-0.2, 0) is 24.8 Å². The van der Waals surface area contributed by atoms with Gasteiger partial charge in [0.05, 0.1) is 17.1 Å². The lowest BCUT2D eigenvalue weighted by Gasteiger charge is -2.30. The third-order valence-electron chi connectivity index (χ3n) is 5.28. The van der Waals surface area contributed by atoms with Gasteiger partial charge in [-0.25, -0.2) is 21.1 Å². The van der Waals surface area contributed by atoms with E-state index in [-0.39, 0.29) is 17.3 Å². The van der Waals surface area contributed by atoms with Crippen LogP contribution in [0.15, 0.2) is 29.2 Å². The lowest BCUT2D eigenvalue weighted by Crippen LogP contribution is -2.43. The van der Waals surface area contributed by atoms with Crippen LogP contribution in [0.4, 0.5) is 5.69 Å². The van der Waals surface area contributed by atoms with E-state index >= 15 is 0 Å². The van der Waals surface area contributed by atoms with Crippen LogP contribution in [0.25, 0.3) is 0 Å². The van der Waals surface area contributed by atoms with Crippen molar-refractivity contribution in [3.63, 3.8) is 0 Å². The quantitative estimate of drug-likeness (QED) is 0.763. The number of benzene rings is 1. The van der Waals surface area contributed by atoms with Gasteiger partial charge < -0.3 is 5.32 Å². The molecule has 1 atom stereocenters. The summed E-state index contributed by atoms with van der Waals surface area (Å²) in [6, 6.07) is 6.25. The Hall–Kier alpha value is -1.49. The van der Waals surface area contributed by atoms with Crippen molar-refractivity contribution < 1.29 is 21.6 Å². The second kappa shape index (κ2) is 8.48. The zero-order valence-electron chi connectivity index (χ0n) is 16.0. The van der Waals surface area contributed by atoms with Crippen molar-refractivity contribution in [3.8, 4) is 0 Å². The molecule has 0 bridgehead atoms. The minimum absolute atomic E-state index is 0.149. The molecule has 2 fully saturated rings. The fourth-order valence-electron chi connectivity index (χ4n) is 3.69. The van der Waals surface area contributed by atoms with Crippen LogP contribution < -0.4 is 5.32 Å². The van der Waals surface area contributed by atoms with E-state index in [1.54, 1.807) is 12.1 Å². The SMILES string of the molecule is CS(=O)(=O)N1CCC[C@@H](C(=O)Nc2cccc(S(=O)(=O)N3CCCCC3)c2)C1. The first-order chi connectivity index (χ1) is 13.2. The highest BCUT2D eigenvalue weighted by Crippen LogP contribution is 2.24. The number of carbonyl (C=O) groups excluding carboxylic acids is 1. The molecule has 8 nitrogen and oxygen atoms in total. The molecule has 0 saturated carbocycles. The van der Waals surface area contributed by atoms with Gasteiger partial charge in [0.1, 0.15) is 0 Å². The predicted octanol–water partition coefficient (Wildman–Crippen LogP) is 1.47. The van der Waals surface area contributed by atoms with Gasteiger partial charge in [0.25, 0.3) is 0 Å². The summed E-state index contributed by atoms with van der Waals surface area (Å²) >= 11 is 0. The van der Waals surface area contributed by atoms with Crippen molar-refractivity contribution in [1.82, 2.24) is 8.61 Å². The first kappa shape index (κ1) is 21.2. The Morgan fingerprint density at radius 1 is 1.00 bits per heavy atom. The smallest absolute Gasteiger partial charge is 0.243 e. The highest BCUT2D eigenvalue weighted by molar-refractivity contribution is 7.89. The lowest BCUT2D eigenvalue weighted by molar-refractivity contribution is -0.120. The molecule has 0 radical (unpaired) electrons. The van der Waals surface area contributed by atoms with Gasteiger partial charge in [-0.3, -0.25) is 4.79 Å². The van der Waals surface area contributed by atoms with Gasteiger partial charge in [0.15, 0.2) is 0 Å². The van der Waals surface area contributed by atoms with Crippen molar-refractivity contribution in [3.05, 3.63) is 24.3 Å². The van der Waals surface area contributed by atoms with Crippen molar-refractivity contribution in [2.75, 3.05) is 37.8 Å². The zero-order valence-corrected chi connectivity index (χ0v) is 17.6. The van der Waals surface area contributed by atoms with Crippen LogP contribution in [0.5, 0.6) is 0 Å². The number of carbonyl (C=O) groups is 1. The van der Waals surface area contributed by atoms with Gasteiger partial charge in [-0.1, -0.05) is 12.5 Å². The minimum atomic E-state index is -3.58. The molecule has 1 aromatic rings. The summed E-state index contributed by atoms with van der Waals surface area (Å²) in [5.74, 6) is -0.744. The Balaban J connectivity index is 1.71. The monoisotopic (exact) mass is 429 g/mol. The first-order valence-electron chi connectivity index (χ1n) is 9.54. The number of sulfonamides is 2. The molecule has 2 aliphatic rings. The van der Waals surface area contributed by atoms with Crippen molar-refractivity contribution in [2.24, 2.45) is 5.92 Å². The van der Waals surface area contributed by atoms with E-state index in [4.69, 9.17) is 0 Å². The molecule has 10 heteroatoms. The molecule has 0 spiro atoms. The van der Waals surface area contributed by atoms with E-state index in [2.05, 4.69) is 5.32 Å². The van der Waals surface area contributed by atoms with E-state index in [0.29, 0.717) is 38.2 Å². The molecule has 1 aromatic carbocycles. The molecule has 2 heterocycles. The maximum Gasteiger partial charge on any atom is 0.243 e. The fourth-order valence-corrected chi connectivity index (χ4v) is 6.17. The second-order valence-electron chi connectivity index (χ2n) is 7.44. The Morgan fingerprint density at radius 3 is 2.36 bits per heavy atom. The topological polar surface area (TPSA) is 104 Å². The molecule has 2 saturated heterocycles. The Morgan fingerprint density at radius 2 is 1.68 bits per heavy atom. The highest BCUT2D eigenvalue weighted by atomic mass is 32.2. The Bertz CT molecular complexity index is 924. The standard InChI is InChI=1S/C18H27N3O5S2/c1-27(23,24)21-12-6-7-15(14-21)18(22)19-16-8-5-9-17(13-16)28(25,26)20-10-3-2-4-11-20/h5,8-9,13,15H,2-4,6-7,10-12,14H2,1H3,(H,19,22)/t15-/m1/s1. The number of piperidine rings is 2. The molecule has 1 amide bonds. The maximum absolute atomic E-state index is 12.8. The molecule has 0 aromatic heterocycles. The van der Waals surface area contributed by atoms with Crippen LogP contribution in [0.2, 0.25) is 0 Å². The van der Waals surface area contributed by atoms with Crippen LogP contribution in [0.3, 0.4) is 0 Å². The van der Waals surface area contributed by atoms with Crippen molar-refractivity contribution in [1.29, 1.82) is 0 Å². The molecule has 0 aliphatic carbocycles. The summed E-state index contributed by atoms with van der Waals surface area (Å²) in [6.07, 6.45) is 5.11. The number of rotatable bonds is 5. The molecule has 3 rings (SSSR count). The van der Waals surface area contributed by atoms with Gasteiger partial charge in [-0.05, 0) is 43.9 Å². The van der Waals surface area contributed by atoms with Crippen LogP contribution in [0.1, 0.15) is 32.1 Å². The van der Waals surface area contributed by atoms with E-state index in [0.717, 1.165) is 25.5 Å². The summed E-state index contributed by atoms with van der Waals surface area (Å²) in [7, 11) is -6.91. The fraction of sp³-hybridized carbons (Fsp3) is 0.611. The van der Waals surface area contributed by atoms with Gasteiger partial charge in [-0.2, -0.15) is 4.31 Å². The van der Waals surface area contributed by atoms with E-state index in [1.165, 1.54) is 20.7 Å². The van der Waals surface area contributed by atoms with Crippen molar-refractivity contribution in [2.45, 2.75) is 37.0 Å². The first-order valence-corrected chi connectivity index (χ1v) is 12.8. The number of hydrogen-bond acceptors (Lipinski definition) is 5. The third kappa shape index (κ3) is 4.91. The van der Waals surface area contributed by atoms with Gasteiger partial charge >= 0.3 is 0 Å². The Labute approximate surface area is 167 Å². The average Bonchev–Trinajstić information content (AvgIpc) is 2.68. The molecule has 28 heavy (non-hydrogen) atoms. The number of anilines is 1. The summed E-state index contributed by atoms with van der Waals surface area (Å²) in [5.41, 5.74) is 0.402. The largest absolute Gasteiger partial charge is 0.326 e. The van der Waals surface area contributed by atoms with E-state index in [9.17, 15) is 21.6 Å². The second-order valence-corrected chi connectivity index (χ2v) is 11.4. The summed E-state index contributed by atoms with van der Waals surface area (Å²) in [5, 5.41) is 2.76. The summed E-state index contributed by atoms with van der Waals surface area (Å²) in [6.45, 7) is 1.60. The molecule has 2 aliphatic heterocycles. The van der Waals surface area contributed by atoms with E-state index in [1.807, 2.05) is 0 Å². The predicted molar refractivity (Wildman–Crippen MR) is 107 cm³/mol. The number of amides is 1. The molecule has 156 valence electrons. The molecular weight excluding hydrogens is 402 g/mol. The number of nitrogens with zero attached hydrogens (tertiary/aromatic N) is 2. The zero-order chi connectivity index (χ0) is 20.4. The summed E-state index contributed by atoms with van der Waals surface area (Å²) in [4.78, 5) is 12.8. The van der Waals surface area contributed by atoms with Crippen LogP contribution in [-0.4, -0.2) is 63.8 Å². The third-order valence-corrected chi connectivity index (χ3v) is 8.44. The van der Waals surface area contributed by atoms with Crippen LogP contribution in [0, 0.1) is 5.92 Å². The minimum Gasteiger partial charge on any atom is -0.326 e. The van der Waals surface area contributed by atoms with Gasteiger partial charge in [-0.15, -0.1) is 0 Å². The summed E-state index contributed by atoms with van der Waals surface area (Å²) < 4.78 is 51.9. The van der Waals surface area contributed by atoms with Crippen LogP contribution >= 0.6 is 0 Å².